The smallest absolute Gasteiger partial charge is 0.0146 e. The lowest BCUT2D eigenvalue weighted by atomic mass is 9.93. The van der Waals surface area contributed by atoms with E-state index in [1.807, 2.05) is 69.2 Å². The van der Waals surface area contributed by atoms with E-state index in [2.05, 4.69) is 245 Å². The van der Waals surface area contributed by atoms with Gasteiger partial charge in [0.1, 0.15) is 0 Å². The van der Waals surface area contributed by atoms with Crippen molar-refractivity contribution in [1.82, 2.24) is 0 Å². The molecule has 0 aliphatic rings. The number of fused-ring (bicyclic) bond motifs is 8. The molecule has 0 fully saturated rings. The Morgan fingerprint density at radius 1 is 0.159 bits per heavy atom. The number of aryl methyl sites for hydroxylation is 3. The monoisotopic (exact) mass is 905 g/mol. The molecule has 69 heavy (non-hydrogen) atoms. The number of benzene rings is 12. The van der Waals surface area contributed by atoms with Crippen molar-refractivity contribution < 1.29 is 0 Å². The minimum Gasteiger partial charge on any atom is -0.0683 e. The standard InChI is InChI=1S/C16H14.C15H12.2C14H10.5C2H6/c1-11-13-7-3-5-9-15(13)12(2)16-10-6-4-8-14(11)16;1-11-14-8-4-2-6-12(14)10-13-7-3-5-9-15(11)13;2*1-2-6-12-10-14-8-4-3-7-13(14)9-11(12)5-1;5*1-2/h3-10H,1-2H3;2-10H,1H3;2*1-10H;5*1-2H3. The molecule has 0 aromatic heterocycles. The van der Waals surface area contributed by atoms with Gasteiger partial charge in [0.05, 0.1) is 0 Å². The van der Waals surface area contributed by atoms with Gasteiger partial charge in [0.2, 0.25) is 0 Å². The van der Waals surface area contributed by atoms with Crippen LogP contribution in [0, 0.1) is 20.8 Å². The third-order valence-corrected chi connectivity index (χ3v) is 11.7. The predicted molar refractivity (Wildman–Crippen MR) is 317 cm³/mol. The van der Waals surface area contributed by atoms with E-state index >= 15 is 0 Å². The van der Waals surface area contributed by atoms with Crippen molar-refractivity contribution in [2.75, 3.05) is 0 Å². The Bertz CT molecular complexity index is 2930. The van der Waals surface area contributed by atoms with Gasteiger partial charge >= 0.3 is 0 Å². The highest BCUT2D eigenvalue weighted by Gasteiger charge is 2.07. The van der Waals surface area contributed by atoms with Crippen LogP contribution in [0.1, 0.15) is 85.9 Å². The Hall–Kier alpha value is -7.28. The van der Waals surface area contributed by atoms with E-state index in [-0.39, 0.29) is 0 Å². The second-order valence-corrected chi connectivity index (χ2v) is 15.4. The van der Waals surface area contributed by atoms with E-state index in [0.717, 1.165) is 0 Å². The van der Waals surface area contributed by atoms with Gasteiger partial charge < -0.3 is 0 Å². The average Bonchev–Trinajstić information content (AvgIpc) is 3.44. The van der Waals surface area contributed by atoms with E-state index in [1.165, 1.54) is 103 Å². The molecule has 0 unspecified atom stereocenters. The summed E-state index contributed by atoms with van der Waals surface area (Å²) in [5, 5.41) is 21.4. The molecule has 0 bridgehead atoms. The Balaban J connectivity index is 0.000000189. The second kappa shape index (κ2) is 28.8. The highest BCUT2D eigenvalue weighted by atomic mass is 14.1. The van der Waals surface area contributed by atoms with Gasteiger partial charge in [-0.15, -0.1) is 0 Å². The summed E-state index contributed by atoms with van der Waals surface area (Å²) < 4.78 is 0. The molecule has 12 aromatic rings. The molecule has 0 nitrogen and oxygen atoms in total. The van der Waals surface area contributed by atoms with Gasteiger partial charge in [-0.3, -0.25) is 0 Å². The maximum atomic E-state index is 2.26. The summed E-state index contributed by atoms with van der Waals surface area (Å²) in [6.45, 7) is 26.6. The Morgan fingerprint density at radius 3 is 0.493 bits per heavy atom. The second-order valence-electron chi connectivity index (χ2n) is 15.4. The molecule has 0 heterocycles. The summed E-state index contributed by atoms with van der Waals surface area (Å²) in [7, 11) is 0. The summed E-state index contributed by atoms with van der Waals surface area (Å²) in [6, 6.07) is 79.5. The molecule has 0 aliphatic heterocycles. The number of hydrogen-bond acceptors (Lipinski definition) is 0. The Morgan fingerprint density at radius 2 is 0.290 bits per heavy atom. The quantitative estimate of drug-likeness (QED) is 0.133. The van der Waals surface area contributed by atoms with E-state index < -0.39 is 0 Å². The van der Waals surface area contributed by atoms with Crippen LogP contribution in [0.25, 0.3) is 86.2 Å². The van der Waals surface area contributed by atoms with Gasteiger partial charge in [0.25, 0.3) is 0 Å². The van der Waals surface area contributed by atoms with E-state index in [4.69, 9.17) is 0 Å². The Kier molecular flexibility index (Phi) is 22.7. The highest BCUT2D eigenvalue weighted by Crippen LogP contribution is 2.32. The zero-order valence-electron chi connectivity index (χ0n) is 43.9. The van der Waals surface area contributed by atoms with Crippen LogP contribution in [0.5, 0.6) is 0 Å². The third-order valence-electron chi connectivity index (χ3n) is 11.7. The number of rotatable bonds is 0. The summed E-state index contributed by atoms with van der Waals surface area (Å²) in [4.78, 5) is 0. The van der Waals surface area contributed by atoms with Gasteiger partial charge in [0, 0.05) is 0 Å². The molecule has 0 aliphatic carbocycles. The van der Waals surface area contributed by atoms with E-state index in [1.54, 1.807) is 0 Å². The molecule has 0 atom stereocenters. The van der Waals surface area contributed by atoms with Crippen LogP contribution >= 0.6 is 0 Å². The average molecular weight is 905 g/mol. The minimum atomic E-state index is 1.31. The highest BCUT2D eigenvalue weighted by molar-refractivity contribution is 6.06. The van der Waals surface area contributed by atoms with Crippen molar-refractivity contribution in [3.8, 4) is 0 Å². The summed E-state index contributed by atoms with van der Waals surface area (Å²) in [6.07, 6.45) is 0. The van der Waals surface area contributed by atoms with Crippen LogP contribution in [0.2, 0.25) is 0 Å². The van der Waals surface area contributed by atoms with Crippen LogP contribution in [-0.4, -0.2) is 0 Å². The minimum absolute atomic E-state index is 1.31. The van der Waals surface area contributed by atoms with Crippen LogP contribution in [0.4, 0.5) is 0 Å². The first kappa shape index (κ1) is 54.3. The van der Waals surface area contributed by atoms with Crippen molar-refractivity contribution in [3.63, 3.8) is 0 Å². The fraction of sp³-hybridized carbons (Fsp3) is 0.188. The van der Waals surface area contributed by atoms with Gasteiger partial charge in [-0.05, 0) is 154 Å². The first-order valence-electron chi connectivity index (χ1n) is 25.5. The van der Waals surface area contributed by atoms with Crippen LogP contribution < -0.4 is 0 Å². The van der Waals surface area contributed by atoms with Crippen molar-refractivity contribution in [3.05, 3.63) is 241 Å². The normalized spacial score (nSPS) is 9.81. The third kappa shape index (κ3) is 13.5. The first-order chi connectivity index (χ1) is 34.0. The van der Waals surface area contributed by atoms with E-state index in [9.17, 15) is 0 Å². The lowest BCUT2D eigenvalue weighted by molar-refractivity contribution is 1.50. The molecular weight excluding hydrogens is 829 g/mol. The molecule has 12 rings (SSSR count). The van der Waals surface area contributed by atoms with E-state index in [0.29, 0.717) is 0 Å². The molecule has 12 aromatic carbocycles. The maximum Gasteiger partial charge on any atom is -0.0146 e. The van der Waals surface area contributed by atoms with Gasteiger partial charge in [-0.2, -0.15) is 0 Å². The SMILES string of the molecule is CC.CC.CC.CC.CC.Cc1c2ccccc2c(C)c2ccccc12.Cc1c2ccccc2cc2ccccc12.c1ccc2cc3ccccc3cc2c1.c1ccc2cc3ccccc3cc2c1. The van der Waals surface area contributed by atoms with Gasteiger partial charge in [-0.1, -0.05) is 263 Å². The summed E-state index contributed by atoms with van der Waals surface area (Å²) >= 11 is 0. The molecule has 0 N–H and O–H groups in total. The lowest BCUT2D eigenvalue weighted by Gasteiger charge is -2.11. The summed E-state index contributed by atoms with van der Waals surface area (Å²) in [5.41, 5.74) is 4.15. The van der Waals surface area contributed by atoms with Crippen LogP contribution in [-0.2, 0) is 0 Å². The molecule has 0 radical (unpaired) electrons. The Labute approximate surface area is 415 Å². The molecule has 0 amide bonds. The van der Waals surface area contributed by atoms with Gasteiger partial charge in [0.15, 0.2) is 0 Å². The zero-order chi connectivity index (χ0) is 50.1. The fourth-order valence-corrected chi connectivity index (χ4v) is 8.57. The molecule has 0 saturated heterocycles. The van der Waals surface area contributed by atoms with Crippen molar-refractivity contribution in [2.24, 2.45) is 0 Å². The van der Waals surface area contributed by atoms with Crippen LogP contribution in [0.3, 0.4) is 0 Å². The summed E-state index contributed by atoms with van der Waals surface area (Å²) in [5.74, 6) is 0. The molecule has 0 saturated carbocycles. The van der Waals surface area contributed by atoms with Crippen molar-refractivity contribution >= 4 is 86.2 Å². The fourth-order valence-electron chi connectivity index (χ4n) is 8.57. The first-order valence-corrected chi connectivity index (χ1v) is 25.5. The largest absolute Gasteiger partial charge is 0.0683 e. The predicted octanol–water partition coefficient (Wildman–Crippen LogP) is 22.0. The zero-order valence-corrected chi connectivity index (χ0v) is 43.9. The number of hydrogen-bond donors (Lipinski definition) is 0. The molecule has 0 spiro atoms. The van der Waals surface area contributed by atoms with Crippen molar-refractivity contribution in [2.45, 2.75) is 90.0 Å². The maximum absolute atomic E-state index is 2.26. The van der Waals surface area contributed by atoms with Crippen LogP contribution in [0.15, 0.2) is 224 Å². The lowest BCUT2D eigenvalue weighted by Crippen LogP contribution is -1.87. The molecular formula is C69H76. The molecule has 0 heteroatoms. The molecule has 352 valence electrons. The topological polar surface area (TPSA) is 0 Å². The van der Waals surface area contributed by atoms with Crippen molar-refractivity contribution in [1.29, 1.82) is 0 Å². The van der Waals surface area contributed by atoms with Gasteiger partial charge in [-0.25, -0.2) is 0 Å².